The van der Waals surface area contributed by atoms with E-state index in [9.17, 15) is 0 Å². The fourth-order valence-electron chi connectivity index (χ4n) is 2.05. The van der Waals surface area contributed by atoms with Gasteiger partial charge in [0.2, 0.25) is 0 Å². The number of nitrogens with one attached hydrogen (secondary N) is 2. The number of aryl methyl sites for hydroxylation is 1. The molecule has 2 aromatic rings. The largest absolute Gasteiger partial charge is 0.370 e. The van der Waals surface area contributed by atoms with Gasteiger partial charge in [-0.15, -0.1) is 10.2 Å². The molecule has 0 bridgehead atoms. The monoisotopic (exact) mass is 275 g/mol. The molecule has 0 fully saturated rings. The summed E-state index contributed by atoms with van der Waals surface area (Å²) in [6, 6.07) is 0. The number of hydrogen-bond donors (Lipinski definition) is 2. The van der Waals surface area contributed by atoms with Gasteiger partial charge >= 0.3 is 0 Å². The average Bonchev–Trinajstić information content (AvgIpc) is 2.85. The highest BCUT2D eigenvalue weighted by Crippen LogP contribution is 2.20. The first-order chi connectivity index (χ1) is 9.76. The summed E-state index contributed by atoms with van der Waals surface area (Å²) in [6.07, 6.45) is 4.98. The standard InChI is InChI=1S/C13H21N7/c1-4-10-12(14-5-2)16-8-17-13(10)15-7-6-11-19-18-9-20(11)3/h8-9H,4-7H2,1-3H3,(H2,14,15,16,17). The van der Waals surface area contributed by atoms with Crippen LogP contribution in [0, 0.1) is 0 Å². The van der Waals surface area contributed by atoms with Crippen LogP contribution in [-0.2, 0) is 19.9 Å². The summed E-state index contributed by atoms with van der Waals surface area (Å²) in [6.45, 7) is 5.78. The fourth-order valence-corrected chi connectivity index (χ4v) is 2.05. The van der Waals surface area contributed by atoms with E-state index >= 15 is 0 Å². The third-order valence-electron chi connectivity index (χ3n) is 3.09. The van der Waals surface area contributed by atoms with Crippen molar-refractivity contribution in [3.63, 3.8) is 0 Å². The van der Waals surface area contributed by atoms with Gasteiger partial charge in [-0.2, -0.15) is 0 Å². The van der Waals surface area contributed by atoms with Crippen LogP contribution in [0.2, 0.25) is 0 Å². The van der Waals surface area contributed by atoms with Gasteiger partial charge in [-0.1, -0.05) is 6.92 Å². The first-order valence-electron chi connectivity index (χ1n) is 6.90. The Morgan fingerprint density at radius 1 is 1.15 bits per heavy atom. The van der Waals surface area contributed by atoms with Crippen LogP contribution >= 0.6 is 0 Å². The number of rotatable bonds is 7. The van der Waals surface area contributed by atoms with Crippen LogP contribution in [0.25, 0.3) is 0 Å². The zero-order valence-electron chi connectivity index (χ0n) is 12.2. The second-order valence-electron chi connectivity index (χ2n) is 4.47. The third-order valence-corrected chi connectivity index (χ3v) is 3.09. The molecule has 0 spiro atoms. The molecular weight excluding hydrogens is 254 g/mol. The molecule has 7 nitrogen and oxygen atoms in total. The average molecular weight is 275 g/mol. The van der Waals surface area contributed by atoms with Gasteiger partial charge in [0, 0.05) is 32.1 Å². The molecule has 0 unspecified atom stereocenters. The van der Waals surface area contributed by atoms with Gasteiger partial charge in [-0.3, -0.25) is 0 Å². The second kappa shape index (κ2) is 6.83. The summed E-state index contributed by atoms with van der Waals surface area (Å²) in [5.41, 5.74) is 1.12. The lowest BCUT2D eigenvalue weighted by atomic mass is 10.2. The summed E-state index contributed by atoms with van der Waals surface area (Å²) in [5.74, 6) is 2.75. The first kappa shape index (κ1) is 14.2. The minimum Gasteiger partial charge on any atom is -0.370 e. The highest BCUT2D eigenvalue weighted by Gasteiger charge is 2.09. The van der Waals surface area contributed by atoms with Crippen molar-refractivity contribution in [2.45, 2.75) is 26.7 Å². The Labute approximate surface area is 118 Å². The van der Waals surface area contributed by atoms with E-state index in [1.807, 2.05) is 11.6 Å². The van der Waals surface area contributed by atoms with E-state index in [-0.39, 0.29) is 0 Å². The fraction of sp³-hybridized carbons (Fsp3) is 0.538. The maximum atomic E-state index is 4.33. The molecule has 0 saturated carbocycles. The summed E-state index contributed by atoms with van der Waals surface area (Å²) in [7, 11) is 1.95. The van der Waals surface area contributed by atoms with Crippen molar-refractivity contribution in [1.29, 1.82) is 0 Å². The van der Waals surface area contributed by atoms with Crippen LogP contribution < -0.4 is 10.6 Å². The quantitative estimate of drug-likeness (QED) is 0.791. The van der Waals surface area contributed by atoms with Crippen LogP contribution in [0.5, 0.6) is 0 Å². The minimum absolute atomic E-state index is 0.766. The lowest BCUT2D eigenvalue weighted by molar-refractivity contribution is 0.786. The molecule has 7 heteroatoms. The Bertz CT molecular complexity index is 549. The van der Waals surface area contributed by atoms with E-state index in [0.29, 0.717) is 0 Å². The number of aromatic nitrogens is 5. The molecule has 0 aliphatic heterocycles. The highest BCUT2D eigenvalue weighted by atomic mass is 15.2. The van der Waals surface area contributed by atoms with Gasteiger partial charge < -0.3 is 15.2 Å². The van der Waals surface area contributed by atoms with Crippen LogP contribution in [0.15, 0.2) is 12.7 Å². The second-order valence-corrected chi connectivity index (χ2v) is 4.47. The molecule has 0 aliphatic rings. The van der Waals surface area contributed by atoms with E-state index in [2.05, 4.69) is 44.6 Å². The predicted octanol–water partition coefficient (Wildman–Crippen LogP) is 1.25. The van der Waals surface area contributed by atoms with Crippen LogP contribution in [0.1, 0.15) is 25.2 Å². The van der Waals surface area contributed by atoms with Gasteiger partial charge in [0.05, 0.1) is 0 Å². The molecular formula is C13H21N7. The van der Waals surface area contributed by atoms with Crippen molar-refractivity contribution in [2.24, 2.45) is 7.05 Å². The Morgan fingerprint density at radius 3 is 2.50 bits per heavy atom. The zero-order valence-corrected chi connectivity index (χ0v) is 12.2. The van der Waals surface area contributed by atoms with Crippen molar-refractivity contribution in [3.8, 4) is 0 Å². The Kier molecular flexibility index (Phi) is 4.86. The van der Waals surface area contributed by atoms with Crippen molar-refractivity contribution in [3.05, 3.63) is 24.0 Å². The molecule has 0 aliphatic carbocycles. The smallest absolute Gasteiger partial charge is 0.134 e. The maximum absolute atomic E-state index is 4.33. The normalized spacial score (nSPS) is 10.6. The summed E-state index contributed by atoms with van der Waals surface area (Å²) < 4.78 is 1.92. The maximum Gasteiger partial charge on any atom is 0.134 e. The lowest BCUT2D eigenvalue weighted by Crippen LogP contribution is -2.13. The molecule has 0 aromatic carbocycles. The summed E-state index contributed by atoms with van der Waals surface area (Å²) in [4.78, 5) is 8.61. The van der Waals surface area contributed by atoms with E-state index in [1.54, 1.807) is 12.7 Å². The Morgan fingerprint density at radius 2 is 1.90 bits per heavy atom. The highest BCUT2D eigenvalue weighted by molar-refractivity contribution is 5.57. The molecule has 0 radical (unpaired) electrons. The van der Waals surface area contributed by atoms with Crippen molar-refractivity contribution < 1.29 is 0 Å². The van der Waals surface area contributed by atoms with Crippen molar-refractivity contribution in [1.82, 2.24) is 24.7 Å². The molecule has 2 rings (SSSR count). The summed E-state index contributed by atoms with van der Waals surface area (Å²) in [5, 5.41) is 14.6. The van der Waals surface area contributed by atoms with Crippen LogP contribution in [-0.4, -0.2) is 37.8 Å². The SMILES string of the molecule is CCNc1ncnc(NCCc2nncn2C)c1CC. The van der Waals surface area contributed by atoms with E-state index < -0.39 is 0 Å². The minimum atomic E-state index is 0.766. The van der Waals surface area contributed by atoms with Gasteiger partial charge in [0.25, 0.3) is 0 Å². The lowest BCUT2D eigenvalue weighted by Gasteiger charge is -2.13. The van der Waals surface area contributed by atoms with Crippen molar-refractivity contribution >= 4 is 11.6 Å². The topological polar surface area (TPSA) is 80.6 Å². The van der Waals surface area contributed by atoms with Gasteiger partial charge in [0.15, 0.2) is 0 Å². The Hall–Kier alpha value is -2.18. The first-order valence-corrected chi connectivity index (χ1v) is 6.90. The van der Waals surface area contributed by atoms with Gasteiger partial charge in [0.1, 0.15) is 30.1 Å². The third kappa shape index (κ3) is 3.23. The molecule has 2 N–H and O–H groups in total. The van der Waals surface area contributed by atoms with E-state index in [4.69, 9.17) is 0 Å². The Balaban J connectivity index is 2.02. The van der Waals surface area contributed by atoms with Crippen molar-refractivity contribution in [2.75, 3.05) is 23.7 Å². The number of nitrogens with zero attached hydrogens (tertiary/aromatic N) is 5. The van der Waals surface area contributed by atoms with Gasteiger partial charge in [-0.05, 0) is 13.3 Å². The zero-order chi connectivity index (χ0) is 14.4. The molecule has 108 valence electrons. The number of anilines is 2. The molecule has 20 heavy (non-hydrogen) atoms. The number of hydrogen-bond acceptors (Lipinski definition) is 6. The molecule has 2 heterocycles. The summed E-state index contributed by atoms with van der Waals surface area (Å²) >= 11 is 0. The van der Waals surface area contributed by atoms with Crippen LogP contribution in [0.3, 0.4) is 0 Å². The molecule has 0 saturated heterocycles. The van der Waals surface area contributed by atoms with E-state index in [1.165, 1.54) is 0 Å². The molecule has 2 aromatic heterocycles. The predicted molar refractivity (Wildman–Crippen MR) is 78.8 cm³/mol. The van der Waals surface area contributed by atoms with Crippen LogP contribution in [0.4, 0.5) is 11.6 Å². The molecule has 0 atom stereocenters. The van der Waals surface area contributed by atoms with E-state index in [0.717, 1.165) is 49.0 Å². The molecule has 0 amide bonds. The van der Waals surface area contributed by atoms with Gasteiger partial charge in [-0.25, -0.2) is 9.97 Å².